The quantitative estimate of drug-likeness (QED) is 0.789. The lowest BCUT2D eigenvalue weighted by molar-refractivity contribution is -0.255. The molecule has 0 saturated heterocycles. The minimum Gasteiger partial charge on any atom is -0.545 e. The van der Waals surface area contributed by atoms with E-state index in [9.17, 15) is 19.1 Å². The number of aromatic nitrogens is 2. The molecule has 0 unspecified atom stereocenters. The Bertz CT molecular complexity index is 1040. The van der Waals surface area contributed by atoms with Gasteiger partial charge in [-0.15, -0.1) is 0 Å². The fraction of sp³-hybridized carbons (Fsp3) is 0. The highest BCUT2D eigenvalue weighted by Gasteiger charge is 2.08. The molecule has 0 aliphatic rings. The Morgan fingerprint density at radius 3 is 2.75 bits per heavy atom. The van der Waals surface area contributed by atoms with Crippen LogP contribution in [0.4, 0.5) is 4.39 Å². The number of benzene rings is 2. The lowest BCUT2D eigenvalue weighted by Gasteiger charge is -2.05. The van der Waals surface area contributed by atoms with Gasteiger partial charge >= 0.3 is 0 Å². The first-order valence-electron chi connectivity index (χ1n) is 6.82. The Labute approximate surface area is 140 Å². The summed E-state index contributed by atoms with van der Waals surface area (Å²) in [5.74, 6) is -1.75. The highest BCUT2D eigenvalue weighted by molar-refractivity contribution is 6.50. The van der Waals surface area contributed by atoms with E-state index in [1.807, 2.05) is 0 Å². The van der Waals surface area contributed by atoms with Gasteiger partial charge in [0.1, 0.15) is 5.82 Å². The van der Waals surface area contributed by atoms with Gasteiger partial charge in [-0.05, 0) is 41.5 Å². The third-order valence-corrected chi connectivity index (χ3v) is 3.60. The number of H-pyrrole nitrogens is 1. The molecule has 0 atom stereocenters. The summed E-state index contributed by atoms with van der Waals surface area (Å²) in [6.07, 6.45) is 1.44. The second-order valence-corrected chi connectivity index (χ2v) is 5.39. The van der Waals surface area contributed by atoms with Gasteiger partial charge in [0.15, 0.2) is 5.82 Å². The molecule has 2 aromatic carbocycles. The standard InChI is InChI=1S/C17H10ClFN2O3/c18-13(7-9-2-1-3-11(19)6-9)15-20-14-8-10(17(23)24)4-5-12(14)16(22)21-15/h1-8H,(H,23,24)(H,20,21,22)/p-1/b13-7-. The number of hydrogen-bond donors (Lipinski definition) is 1. The summed E-state index contributed by atoms with van der Waals surface area (Å²) in [7, 11) is 0. The van der Waals surface area contributed by atoms with Crippen molar-refractivity contribution >= 4 is 39.6 Å². The van der Waals surface area contributed by atoms with Crippen LogP contribution in [0.5, 0.6) is 0 Å². The highest BCUT2D eigenvalue weighted by Crippen LogP contribution is 2.20. The summed E-state index contributed by atoms with van der Waals surface area (Å²) in [5, 5.41) is 11.2. The molecule has 0 saturated carbocycles. The van der Waals surface area contributed by atoms with Gasteiger partial charge in [0.05, 0.1) is 21.9 Å². The molecule has 0 bridgehead atoms. The van der Waals surface area contributed by atoms with Crippen LogP contribution in [0.1, 0.15) is 21.7 Å². The first-order chi connectivity index (χ1) is 11.4. The van der Waals surface area contributed by atoms with Crippen molar-refractivity contribution in [1.82, 2.24) is 9.97 Å². The van der Waals surface area contributed by atoms with Crippen molar-refractivity contribution in [3.8, 4) is 0 Å². The van der Waals surface area contributed by atoms with Crippen LogP contribution < -0.4 is 10.7 Å². The normalized spacial score (nSPS) is 11.7. The van der Waals surface area contributed by atoms with Crippen molar-refractivity contribution in [3.05, 3.63) is 75.6 Å². The van der Waals surface area contributed by atoms with Crippen molar-refractivity contribution in [2.45, 2.75) is 0 Å². The molecule has 24 heavy (non-hydrogen) atoms. The minimum atomic E-state index is -1.37. The van der Waals surface area contributed by atoms with Crippen LogP contribution in [-0.4, -0.2) is 15.9 Å². The van der Waals surface area contributed by atoms with E-state index >= 15 is 0 Å². The van der Waals surface area contributed by atoms with Gasteiger partial charge in [-0.1, -0.05) is 29.8 Å². The predicted molar refractivity (Wildman–Crippen MR) is 86.8 cm³/mol. The Kier molecular flexibility index (Phi) is 4.14. The van der Waals surface area contributed by atoms with Gasteiger partial charge in [-0.2, -0.15) is 0 Å². The zero-order valence-electron chi connectivity index (χ0n) is 12.0. The number of halogens is 2. The zero-order valence-corrected chi connectivity index (χ0v) is 12.8. The Balaban J connectivity index is 2.12. The number of nitrogens with zero attached hydrogens (tertiary/aromatic N) is 1. The van der Waals surface area contributed by atoms with Gasteiger partial charge in [0.25, 0.3) is 5.56 Å². The molecule has 7 heteroatoms. The number of carboxylic acids is 1. The minimum absolute atomic E-state index is 0.0499. The predicted octanol–water partition coefficient (Wildman–Crippen LogP) is 2.16. The summed E-state index contributed by atoms with van der Waals surface area (Å²) in [6, 6.07) is 9.57. The number of carbonyl (C=O) groups excluding carboxylic acids is 1. The number of carbonyl (C=O) groups is 1. The van der Waals surface area contributed by atoms with Crippen LogP contribution in [-0.2, 0) is 0 Å². The highest BCUT2D eigenvalue weighted by atomic mass is 35.5. The number of carboxylic acid groups (broad SMARTS) is 1. The molecular weight excluding hydrogens is 335 g/mol. The average molecular weight is 344 g/mol. The van der Waals surface area contributed by atoms with Gasteiger partial charge in [-0.25, -0.2) is 9.37 Å². The number of rotatable bonds is 3. The van der Waals surface area contributed by atoms with Crippen molar-refractivity contribution in [3.63, 3.8) is 0 Å². The number of aromatic amines is 1. The zero-order chi connectivity index (χ0) is 17.3. The molecule has 3 aromatic rings. The number of hydrogen-bond acceptors (Lipinski definition) is 4. The molecule has 1 aromatic heterocycles. The van der Waals surface area contributed by atoms with Gasteiger partial charge < -0.3 is 14.9 Å². The summed E-state index contributed by atoms with van der Waals surface area (Å²) in [6.45, 7) is 0. The van der Waals surface area contributed by atoms with E-state index < -0.39 is 17.3 Å². The molecule has 0 fully saturated rings. The number of fused-ring (bicyclic) bond motifs is 1. The lowest BCUT2D eigenvalue weighted by Crippen LogP contribution is -2.22. The third kappa shape index (κ3) is 3.18. The van der Waals surface area contributed by atoms with Crippen molar-refractivity contribution in [2.75, 3.05) is 0 Å². The van der Waals surface area contributed by atoms with Crippen LogP contribution in [0.2, 0.25) is 0 Å². The van der Waals surface area contributed by atoms with Gasteiger partial charge in [-0.3, -0.25) is 4.79 Å². The van der Waals surface area contributed by atoms with Crippen LogP contribution in [0, 0.1) is 5.82 Å². The molecule has 1 heterocycles. The Morgan fingerprint density at radius 2 is 2.04 bits per heavy atom. The van der Waals surface area contributed by atoms with Crippen molar-refractivity contribution in [2.24, 2.45) is 0 Å². The SMILES string of the molecule is O=C([O-])c1ccc2c(=O)[nH]c(/C(Cl)=C/c3cccc(F)c3)nc2c1. The molecule has 0 amide bonds. The molecule has 3 rings (SSSR count). The smallest absolute Gasteiger partial charge is 0.259 e. The van der Waals surface area contributed by atoms with Crippen LogP contribution >= 0.6 is 11.6 Å². The number of aromatic carboxylic acids is 1. The van der Waals surface area contributed by atoms with E-state index in [0.29, 0.717) is 5.56 Å². The van der Waals surface area contributed by atoms with Gasteiger partial charge in [0.2, 0.25) is 0 Å². The summed E-state index contributed by atoms with van der Waals surface area (Å²) < 4.78 is 13.2. The maximum atomic E-state index is 13.2. The maximum Gasteiger partial charge on any atom is 0.259 e. The first-order valence-corrected chi connectivity index (χ1v) is 7.20. The second-order valence-electron chi connectivity index (χ2n) is 4.98. The van der Waals surface area contributed by atoms with Crippen molar-refractivity contribution < 1.29 is 14.3 Å². The average Bonchev–Trinajstić information content (AvgIpc) is 2.54. The van der Waals surface area contributed by atoms with Crippen LogP contribution in [0.3, 0.4) is 0 Å². The molecule has 5 nitrogen and oxygen atoms in total. The first kappa shape index (κ1) is 15.9. The lowest BCUT2D eigenvalue weighted by atomic mass is 10.1. The van der Waals surface area contributed by atoms with E-state index in [1.165, 1.54) is 42.5 Å². The number of nitrogens with one attached hydrogen (secondary N) is 1. The Hall–Kier alpha value is -2.99. The van der Waals surface area contributed by atoms with Crippen LogP contribution in [0.15, 0.2) is 47.3 Å². The molecular formula is C17H9ClFN2O3-. The van der Waals surface area contributed by atoms with E-state index in [1.54, 1.807) is 6.07 Å². The summed E-state index contributed by atoms with van der Waals surface area (Å²) in [4.78, 5) is 29.7. The maximum absolute atomic E-state index is 13.2. The van der Waals surface area contributed by atoms with E-state index in [4.69, 9.17) is 11.6 Å². The molecule has 0 aliphatic heterocycles. The van der Waals surface area contributed by atoms with Crippen LogP contribution in [0.25, 0.3) is 22.0 Å². The summed E-state index contributed by atoms with van der Waals surface area (Å²) >= 11 is 6.15. The second kappa shape index (κ2) is 6.25. The monoisotopic (exact) mass is 343 g/mol. The fourth-order valence-electron chi connectivity index (χ4n) is 2.19. The largest absolute Gasteiger partial charge is 0.545 e. The van der Waals surface area contributed by atoms with E-state index in [2.05, 4.69) is 9.97 Å². The van der Waals surface area contributed by atoms with E-state index in [-0.39, 0.29) is 27.3 Å². The molecule has 1 N–H and O–H groups in total. The fourth-order valence-corrected chi connectivity index (χ4v) is 2.41. The molecule has 0 spiro atoms. The topological polar surface area (TPSA) is 85.9 Å². The third-order valence-electron chi connectivity index (χ3n) is 3.31. The molecule has 120 valence electrons. The Morgan fingerprint density at radius 1 is 1.25 bits per heavy atom. The summed E-state index contributed by atoms with van der Waals surface area (Å²) in [5.41, 5.74) is 0.0925. The molecule has 0 aliphatic carbocycles. The van der Waals surface area contributed by atoms with E-state index in [0.717, 1.165) is 0 Å². The molecule has 0 radical (unpaired) electrons. The van der Waals surface area contributed by atoms with Gasteiger partial charge in [0, 0.05) is 0 Å². The van der Waals surface area contributed by atoms with Crippen molar-refractivity contribution in [1.29, 1.82) is 0 Å².